The number of benzene rings is 5. The van der Waals surface area contributed by atoms with Crippen LogP contribution in [0.4, 0.5) is 0 Å². The van der Waals surface area contributed by atoms with E-state index in [-0.39, 0.29) is 22.6 Å². The summed E-state index contributed by atoms with van der Waals surface area (Å²) in [4.78, 5) is 9.98. The van der Waals surface area contributed by atoms with Crippen LogP contribution in [0.15, 0.2) is 115 Å². The van der Waals surface area contributed by atoms with Crippen molar-refractivity contribution in [2.45, 2.75) is 52.8 Å². The average molecular weight is 605 g/mol. The number of pyridine rings is 1. The van der Waals surface area contributed by atoms with Crippen molar-refractivity contribution >= 4 is 21.9 Å². The van der Waals surface area contributed by atoms with Gasteiger partial charge >= 0.3 is 0 Å². The number of hydrogen-bond donors (Lipinski definition) is 1. The Morgan fingerprint density at radius 2 is 1.54 bits per heavy atom. The van der Waals surface area contributed by atoms with E-state index in [0.717, 1.165) is 44.4 Å². The molecule has 0 saturated carbocycles. The molecule has 0 aliphatic heterocycles. The summed E-state index contributed by atoms with van der Waals surface area (Å²) in [6.07, 6.45) is 1.83. The first-order chi connectivity index (χ1) is 23.3. The van der Waals surface area contributed by atoms with Crippen LogP contribution >= 0.6 is 0 Å². The zero-order valence-electron chi connectivity index (χ0n) is 29.8. The number of rotatable bonds is 5. The third kappa shape index (κ3) is 5.04. The van der Waals surface area contributed by atoms with E-state index >= 15 is 0 Å². The lowest BCUT2D eigenvalue weighted by molar-refractivity contribution is 0.477. The molecule has 7 rings (SSSR count). The molecule has 2 heterocycles. The zero-order valence-corrected chi connectivity index (χ0v) is 26.8. The largest absolute Gasteiger partial charge is 0.507 e. The minimum absolute atomic E-state index is 0.0624. The van der Waals surface area contributed by atoms with Gasteiger partial charge in [-0.05, 0) is 82.4 Å². The van der Waals surface area contributed by atoms with Gasteiger partial charge in [0.2, 0.25) is 0 Å². The van der Waals surface area contributed by atoms with Crippen LogP contribution in [0.2, 0.25) is 0 Å². The Kier molecular flexibility index (Phi) is 6.39. The van der Waals surface area contributed by atoms with Gasteiger partial charge in [-0.3, -0.25) is 9.55 Å². The number of hydrogen-bond acceptors (Lipinski definition) is 3. The van der Waals surface area contributed by atoms with Crippen LogP contribution in [-0.2, 0) is 5.41 Å². The molecule has 4 nitrogen and oxygen atoms in total. The second-order valence-electron chi connectivity index (χ2n) is 13.3. The third-order valence-corrected chi connectivity index (χ3v) is 8.83. The Balaban J connectivity index is 1.54. The van der Waals surface area contributed by atoms with Crippen LogP contribution in [0, 0.1) is 6.85 Å². The van der Waals surface area contributed by atoms with Gasteiger partial charge in [-0.2, -0.15) is 0 Å². The SMILES string of the molecule is [2H]C([2H])([2H])c1ccc(-c2cccc(-c3c(C(C)C)ccc4cccnc34)c2)c2nc(-c3ccccc3O)n(-c3ccc(C(C)(C)C)cc3)c12. The lowest BCUT2D eigenvalue weighted by Crippen LogP contribution is -2.11. The zero-order chi connectivity index (χ0) is 34.7. The van der Waals surface area contributed by atoms with Gasteiger partial charge in [-0.15, -0.1) is 0 Å². The minimum Gasteiger partial charge on any atom is -0.507 e. The highest BCUT2D eigenvalue weighted by molar-refractivity contribution is 6.00. The molecule has 7 aromatic rings. The van der Waals surface area contributed by atoms with Crippen LogP contribution in [-0.4, -0.2) is 19.6 Å². The van der Waals surface area contributed by atoms with Crippen molar-refractivity contribution in [1.82, 2.24) is 14.5 Å². The summed E-state index contributed by atoms with van der Waals surface area (Å²) in [5, 5.41) is 12.1. The molecular weight excluding hydrogens is 562 g/mol. The second kappa shape index (κ2) is 11.3. The van der Waals surface area contributed by atoms with Crippen LogP contribution in [0.1, 0.15) is 61.3 Å². The molecule has 0 spiro atoms. The monoisotopic (exact) mass is 604 g/mol. The molecule has 46 heavy (non-hydrogen) atoms. The van der Waals surface area contributed by atoms with E-state index in [4.69, 9.17) is 14.1 Å². The van der Waals surface area contributed by atoms with Crippen molar-refractivity contribution < 1.29 is 9.22 Å². The number of phenolic OH excluding ortho intramolecular Hbond substituents is 1. The maximum atomic E-state index is 11.1. The molecule has 5 aromatic carbocycles. The summed E-state index contributed by atoms with van der Waals surface area (Å²) in [5.41, 5.74) is 9.54. The predicted molar refractivity (Wildman–Crippen MR) is 192 cm³/mol. The molecule has 228 valence electrons. The molecular formula is C42H39N3O. The predicted octanol–water partition coefficient (Wildman–Crippen LogP) is 11.0. The van der Waals surface area contributed by atoms with E-state index in [0.29, 0.717) is 22.4 Å². The first-order valence-electron chi connectivity index (χ1n) is 17.3. The smallest absolute Gasteiger partial charge is 0.149 e. The highest BCUT2D eigenvalue weighted by atomic mass is 16.3. The number of aryl methyl sites for hydroxylation is 1. The Morgan fingerprint density at radius 1 is 0.761 bits per heavy atom. The minimum atomic E-state index is -2.42. The fourth-order valence-electron chi connectivity index (χ4n) is 6.41. The lowest BCUT2D eigenvalue weighted by Gasteiger charge is -2.20. The van der Waals surface area contributed by atoms with Crippen molar-refractivity contribution in [3.05, 3.63) is 132 Å². The van der Waals surface area contributed by atoms with E-state index in [1.54, 1.807) is 18.2 Å². The normalized spacial score (nSPS) is 13.2. The average Bonchev–Trinajstić information content (AvgIpc) is 3.47. The van der Waals surface area contributed by atoms with Crippen LogP contribution in [0.5, 0.6) is 5.75 Å². The Hall–Kier alpha value is -5.22. The Labute approximate surface area is 275 Å². The molecule has 0 aliphatic carbocycles. The fourth-order valence-corrected chi connectivity index (χ4v) is 6.41. The summed E-state index contributed by atoms with van der Waals surface area (Å²) in [7, 11) is 0. The van der Waals surface area contributed by atoms with Gasteiger partial charge in [0.05, 0.1) is 22.1 Å². The lowest BCUT2D eigenvalue weighted by atomic mass is 9.87. The molecule has 0 fully saturated rings. The first kappa shape index (κ1) is 26.0. The van der Waals surface area contributed by atoms with Gasteiger partial charge in [0.25, 0.3) is 0 Å². The van der Waals surface area contributed by atoms with Gasteiger partial charge in [0.1, 0.15) is 11.6 Å². The summed E-state index contributed by atoms with van der Waals surface area (Å²) in [6.45, 7) is 8.44. The van der Waals surface area contributed by atoms with E-state index in [1.165, 1.54) is 5.56 Å². The quantitative estimate of drug-likeness (QED) is 0.213. The summed E-state index contributed by atoms with van der Waals surface area (Å²) >= 11 is 0. The second-order valence-corrected chi connectivity index (χ2v) is 13.3. The number of aromatic nitrogens is 3. The first-order valence-corrected chi connectivity index (χ1v) is 15.8. The van der Waals surface area contributed by atoms with Gasteiger partial charge in [0.15, 0.2) is 0 Å². The van der Waals surface area contributed by atoms with Crippen LogP contribution < -0.4 is 0 Å². The number of imidazole rings is 1. The number of para-hydroxylation sites is 1. The maximum absolute atomic E-state index is 11.1. The highest BCUT2D eigenvalue weighted by Crippen LogP contribution is 2.41. The van der Waals surface area contributed by atoms with Crippen molar-refractivity contribution in [3.8, 4) is 45.1 Å². The maximum Gasteiger partial charge on any atom is 0.149 e. The van der Waals surface area contributed by atoms with Crippen LogP contribution in [0.25, 0.3) is 61.3 Å². The van der Waals surface area contributed by atoms with E-state index in [1.807, 2.05) is 59.3 Å². The molecule has 1 N–H and O–H groups in total. The number of phenols is 1. The topological polar surface area (TPSA) is 50.9 Å². The van der Waals surface area contributed by atoms with Gasteiger partial charge in [0, 0.05) is 32.5 Å². The molecule has 0 atom stereocenters. The van der Waals surface area contributed by atoms with Crippen molar-refractivity contribution in [3.63, 3.8) is 0 Å². The summed E-state index contributed by atoms with van der Waals surface area (Å²) < 4.78 is 27.6. The summed E-state index contributed by atoms with van der Waals surface area (Å²) in [5.74, 6) is 0.803. The molecule has 2 aromatic heterocycles. The fraction of sp³-hybridized carbons (Fsp3) is 0.190. The van der Waals surface area contributed by atoms with E-state index in [2.05, 4.69) is 77.1 Å². The molecule has 0 aliphatic rings. The van der Waals surface area contributed by atoms with Gasteiger partial charge in [-0.25, -0.2) is 4.98 Å². The van der Waals surface area contributed by atoms with Crippen molar-refractivity contribution in [2.24, 2.45) is 0 Å². The molecule has 0 unspecified atom stereocenters. The standard InChI is InChI=1S/C42H39N3O/c1-26(2)33-23-17-28-13-10-24-43-38(28)37(33)30-12-9-11-29(25-30)34-22-16-27(3)40-39(34)44-41(35-14-7-8-15-36(35)46)45(40)32-20-18-31(19-21-32)42(4,5)6/h7-26,46H,1-6H3/i3D3. The number of nitrogens with zero attached hydrogens (tertiary/aromatic N) is 3. The number of fused-ring (bicyclic) bond motifs is 2. The molecule has 0 radical (unpaired) electrons. The van der Waals surface area contributed by atoms with Crippen molar-refractivity contribution in [1.29, 1.82) is 0 Å². The molecule has 0 bridgehead atoms. The number of aromatic hydroxyl groups is 1. The van der Waals surface area contributed by atoms with Crippen LogP contribution in [0.3, 0.4) is 0 Å². The molecule has 4 heteroatoms. The van der Waals surface area contributed by atoms with Gasteiger partial charge < -0.3 is 5.11 Å². The van der Waals surface area contributed by atoms with Crippen molar-refractivity contribution in [2.75, 3.05) is 0 Å². The Bertz CT molecular complexity index is 2350. The molecule has 0 saturated heterocycles. The van der Waals surface area contributed by atoms with E-state index < -0.39 is 6.85 Å². The Morgan fingerprint density at radius 3 is 2.28 bits per heavy atom. The third-order valence-electron chi connectivity index (χ3n) is 8.83. The highest BCUT2D eigenvalue weighted by Gasteiger charge is 2.22. The molecule has 0 amide bonds. The summed E-state index contributed by atoms with van der Waals surface area (Å²) in [6, 6.07) is 35.4. The van der Waals surface area contributed by atoms with Gasteiger partial charge in [-0.1, -0.05) is 107 Å². The van der Waals surface area contributed by atoms with E-state index in [9.17, 15) is 5.11 Å².